The van der Waals surface area contributed by atoms with Crippen LogP contribution in [0.2, 0.25) is 10.0 Å². The summed E-state index contributed by atoms with van der Waals surface area (Å²) in [5.74, 6) is 2.10. The smallest absolute Gasteiger partial charge is 0.321 e. The zero-order valence-corrected chi connectivity index (χ0v) is 22.6. The molecule has 0 atom stereocenters. The number of aromatic nitrogens is 4. The van der Waals surface area contributed by atoms with Gasteiger partial charge in [-0.1, -0.05) is 55.2 Å². The first-order valence-electron chi connectivity index (χ1n) is 12.4. The van der Waals surface area contributed by atoms with Crippen molar-refractivity contribution in [1.29, 1.82) is 0 Å². The number of carbonyl (C=O) groups is 1. The molecule has 0 bridgehead atoms. The number of benzene rings is 2. The maximum Gasteiger partial charge on any atom is 0.321 e. The zero-order valence-electron chi connectivity index (χ0n) is 21.1. The fourth-order valence-electron chi connectivity index (χ4n) is 4.54. The Hall–Kier alpha value is -3.36. The molecule has 37 heavy (non-hydrogen) atoms. The molecule has 10 heteroatoms. The molecule has 8 nitrogen and oxygen atoms in total. The molecule has 3 heterocycles. The molecule has 1 aliphatic rings. The lowest BCUT2D eigenvalue weighted by Gasteiger charge is -2.35. The van der Waals surface area contributed by atoms with Gasteiger partial charge in [-0.15, -0.1) is 0 Å². The van der Waals surface area contributed by atoms with Crippen molar-refractivity contribution in [3.05, 3.63) is 70.1 Å². The SMILES string of the molecule is Cc1nn(-c2ccccc2)c2nc(CC(C)C)nc(N3CCN(C(=O)Nc4ccc(Cl)c(Cl)c4)CC3)c12. The van der Waals surface area contributed by atoms with Gasteiger partial charge in [0.25, 0.3) is 0 Å². The molecule has 2 aromatic heterocycles. The van der Waals surface area contributed by atoms with Gasteiger partial charge in [0.2, 0.25) is 0 Å². The number of aryl methyl sites for hydroxylation is 1. The van der Waals surface area contributed by atoms with Crippen molar-refractivity contribution >= 4 is 51.8 Å². The molecule has 0 unspecified atom stereocenters. The van der Waals surface area contributed by atoms with Crippen molar-refractivity contribution < 1.29 is 4.79 Å². The van der Waals surface area contributed by atoms with Crippen LogP contribution in [0.1, 0.15) is 25.4 Å². The number of para-hydroxylation sites is 1. The number of hydrogen-bond donors (Lipinski definition) is 1. The highest BCUT2D eigenvalue weighted by Gasteiger charge is 2.26. The van der Waals surface area contributed by atoms with E-state index in [2.05, 4.69) is 24.1 Å². The van der Waals surface area contributed by atoms with E-state index in [1.54, 1.807) is 23.1 Å². The highest BCUT2D eigenvalue weighted by Crippen LogP contribution is 2.30. The van der Waals surface area contributed by atoms with Crippen LogP contribution in [0.25, 0.3) is 16.7 Å². The molecule has 0 aliphatic carbocycles. The van der Waals surface area contributed by atoms with E-state index in [4.69, 9.17) is 38.3 Å². The number of carbonyl (C=O) groups excluding carboxylic acids is 1. The Labute approximate surface area is 226 Å². The van der Waals surface area contributed by atoms with Crippen molar-refractivity contribution in [2.45, 2.75) is 27.2 Å². The maximum absolute atomic E-state index is 12.9. The molecule has 2 amide bonds. The van der Waals surface area contributed by atoms with Crippen LogP contribution in [0, 0.1) is 12.8 Å². The summed E-state index contributed by atoms with van der Waals surface area (Å²) in [6.07, 6.45) is 0.772. The standard InChI is InChI=1S/C27H29Cl2N7O/c1-17(2)15-23-31-25(24-18(3)33-36(26(24)32-23)20-7-5-4-6-8-20)34-11-13-35(14-12-34)27(37)30-19-9-10-21(28)22(29)16-19/h4-10,16-17H,11-15H2,1-3H3,(H,30,37). The first kappa shape index (κ1) is 25.3. The quantitative estimate of drug-likeness (QED) is 0.338. The van der Waals surface area contributed by atoms with E-state index in [0.717, 1.165) is 40.5 Å². The summed E-state index contributed by atoms with van der Waals surface area (Å²) in [5, 5.41) is 9.55. The summed E-state index contributed by atoms with van der Waals surface area (Å²) >= 11 is 12.1. The van der Waals surface area contributed by atoms with Crippen LogP contribution < -0.4 is 10.2 Å². The summed E-state index contributed by atoms with van der Waals surface area (Å²) in [5.41, 5.74) is 3.26. The summed E-state index contributed by atoms with van der Waals surface area (Å²) in [4.78, 5) is 26.9. The minimum atomic E-state index is -0.167. The highest BCUT2D eigenvalue weighted by atomic mass is 35.5. The van der Waals surface area contributed by atoms with Crippen molar-refractivity contribution in [3.63, 3.8) is 0 Å². The molecule has 5 rings (SSSR count). The Morgan fingerprint density at radius 2 is 1.73 bits per heavy atom. The monoisotopic (exact) mass is 537 g/mol. The minimum Gasteiger partial charge on any atom is -0.352 e. The molecule has 1 N–H and O–H groups in total. The van der Waals surface area contributed by atoms with Crippen molar-refractivity contribution in [3.8, 4) is 5.69 Å². The van der Waals surface area contributed by atoms with Crippen molar-refractivity contribution in [2.75, 3.05) is 36.4 Å². The van der Waals surface area contributed by atoms with Gasteiger partial charge in [-0.3, -0.25) is 0 Å². The van der Waals surface area contributed by atoms with E-state index < -0.39 is 0 Å². The van der Waals surface area contributed by atoms with Gasteiger partial charge in [0, 0.05) is 38.3 Å². The number of anilines is 2. The van der Waals surface area contributed by atoms with Crippen LogP contribution in [0.5, 0.6) is 0 Å². The van der Waals surface area contributed by atoms with E-state index in [0.29, 0.717) is 47.8 Å². The summed E-state index contributed by atoms with van der Waals surface area (Å²) in [6.45, 7) is 8.75. The average molecular weight is 538 g/mol. The minimum absolute atomic E-state index is 0.167. The van der Waals surface area contributed by atoms with Gasteiger partial charge in [-0.25, -0.2) is 19.4 Å². The molecular formula is C27H29Cl2N7O. The van der Waals surface area contributed by atoms with Crippen LogP contribution in [0.4, 0.5) is 16.3 Å². The lowest BCUT2D eigenvalue weighted by atomic mass is 10.1. The van der Waals surface area contributed by atoms with Crippen LogP contribution in [0.15, 0.2) is 48.5 Å². The third-order valence-electron chi connectivity index (χ3n) is 6.36. The van der Waals surface area contributed by atoms with Crippen LogP contribution in [-0.4, -0.2) is 56.9 Å². The molecule has 0 spiro atoms. The fraction of sp³-hybridized carbons (Fsp3) is 0.333. The molecule has 0 saturated carbocycles. The van der Waals surface area contributed by atoms with Gasteiger partial charge in [-0.2, -0.15) is 5.10 Å². The fourth-order valence-corrected chi connectivity index (χ4v) is 4.84. The third-order valence-corrected chi connectivity index (χ3v) is 7.10. The maximum atomic E-state index is 12.9. The first-order valence-corrected chi connectivity index (χ1v) is 13.1. The number of nitrogens with one attached hydrogen (secondary N) is 1. The van der Waals surface area contributed by atoms with Crippen molar-refractivity contribution in [1.82, 2.24) is 24.6 Å². The van der Waals surface area contributed by atoms with Crippen molar-refractivity contribution in [2.24, 2.45) is 5.92 Å². The van der Waals surface area contributed by atoms with E-state index in [9.17, 15) is 4.79 Å². The number of amides is 2. The highest BCUT2D eigenvalue weighted by molar-refractivity contribution is 6.42. The number of piperazine rings is 1. The summed E-state index contributed by atoms with van der Waals surface area (Å²) < 4.78 is 1.90. The Morgan fingerprint density at radius 1 is 1.00 bits per heavy atom. The molecule has 4 aromatic rings. The van der Waals surface area contributed by atoms with Gasteiger partial charge >= 0.3 is 6.03 Å². The molecule has 1 saturated heterocycles. The normalized spacial score (nSPS) is 14.0. The van der Waals surface area contributed by atoms with Crippen LogP contribution in [0.3, 0.4) is 0 Å². The third kappa shape index (κ3) is 5.36. The van der Waals surface area contributed by atoms with E-state index in [1.165, 1.54) is 0 Å². The van der Waals surface area contributed by atoms with Crippen LogP contribution >= 0.6 is 23.2 Å². The zero-order chi connectivity index (χ0) is 26.1. The first-order chi connectivity index (χ1) is 17.8. The van der Waals surface area contributed by atoms with Gasteiger partial charge in [0.15, 0.2) is 5.65 Å². The van der Waals surface area contributed by atoms with Gasteiger partial charge in [-0.05, 0) is 43.2 Å². The van der Waals surface area contributed by atoms with Crippen LogP contribution in [-0.2, 0) is 6.42 Å². The van der Waals surface area contributed by atoms with E-state index in [1.807, 2.05) is 41.9 Å². The average Bonchev–Trinajstić information content (AvgIpc) is 3.22. The number of hydrogen-bond acceptors (Lipinski definition) is 5. The number of nitrogens with zero attached hydrogens (tertiary/aromatic N) is 6. The lowest BCUT2D eigenvalue weighted by Crippen LogP contribution is -2.50. The van der Waals surface area contributed by atoms with Gasteiger partial charge in [0.05, 0.1) is 26.8 Å². The van der Waals surface area contributed by atoms with Gasteiger partial charge < -0.3 is 15.1 Å². The number of urea groups is 1. The topological polar surface area (TPSA) is 79.2 Å². The van der Waals surface area contributed by atoms with E-state index >= 15 is 0 Å². The number of fused-ring (bicyclic) bond motifs is 1. The Morgan fingerprint density at radius 3 is 2.41 bits per heavy atom. The predicted molar refractivity (Wildman–Crippen MR) is 149 cm³/mol. The molecule has 0 radical (unpaired) electrons. The summed E-state index contributed by atoms with van der Waals surface area (Å²) in [7, 11) is 0. The second-order valence-corrected chi connectivity index (χ2v) is 10.4. The number of halogens is 2. The second kappa shape index (κ2) is 10.6. The summed E-state index contributed by atoms with van der Waals surface area (Å²) in [6, 6.07) is 14.9. The molecular weight excluding hydrogens is 509 g/mol. The number of rotatable bonds is 5. The molecule has 192 valence electrons. The lowest BCUT2D eigenvalue weighted by molar-refractivity contribution is 0.208. The Bertz CT molecular complexity index is 1430. The second-order valence-electron chi connectivity index (χ2n) is 9.63. The van der Waals surface area contributed by atoms with Gasteiger partial charge in [0.1, 0.15) is 11.6 Å². The Balaban J connectivity index is 1.41. The largest absolute Gasteiger partial charge is 0.352 e. The Kier molecular flexibility index (Phi) is 7.22. The predicted octanol–water partition coefficient (Wildman–Crippen LogP) is 5.98. The van der Waals surface area contributed by atoms with E-state index in [-0.39, 0.29) is 6.03 Å². The molecule has 1 fully saturated rings. The molecule has 2 aromatic carbocycles. The molecule has 1 aliphatic heterocycles.